The van der Waals surface area contributed by atoms with Crippen molar-refractivity contribution >= 4 is 5.91 Å². The van der Waals surface area contributed by atoms with Crippen molar-refractivity contribution < 1.29 is 13.9 Å². The lowest BCUT2D eigenvalue weighted by Crippen LogP contribution is -2.60. The normalized spacial score (nSPS) is 23.7. The third-order valence-corrected chi connectivity index (χ3v) is 7.69. The fraction of sp³-hybridized carbons (Fsp3) is 0.440. The minimum Gasteiger partial charge on any atom is -0.370 e. The SMILES string of the molecule is Cc1c([C@H]2CN3CCN(C(=O)C4CCc5cc(-n6cnnn6)ncc54)C[C@H]3CO2)ccc(F)c1C#N. The molecule has 184 valence electrons. The number of aromatic nitrogens is 5. The number of carbonyl (C=O) groups is 1. The van der Waals surface area contributed by atoms with Crippen LogP contribution in [0.2, 0.25) is 0 Å². The standard InChI is InChI=1S/C25H25FN8O2/c1-15-18(4-5-22(26)20(15)9-27)23-12-32-6-7-33(11-17(32)13-36-23)25(35)19-3-2-16-8-24(28-10-21(16)19)34-14-29-30-31-34/h4-5,8,10,14,17,19,23H,2-3,6-7,11-13H2,1H3/t17-,19?,23+/m0/s1. The van der Waals surface area contributed by atoms with Gasteiger partial charge in [-0.25, -0.2) is 9.37 Å². The number of ether oxygens (including phenoxy) is 1. The molecule has 0 saturated carbocycles. The Bertz CT molecular complexity index is 1350. The van der Waals surface area contributed by atoms with Crippen LogP contribution >= 0.6 is 0 Å². The minimum atomic E-state index is -0.505. The molecular formula is C25H25FN8O2. The zero-order chi connectivity index (χ0) is 24.8. The summed E-state index contributed by atoms with van der Waals surface area (Å²) in [4.78, 5) is 22.3. The van der Waals surface area contributed by atoms with E-state index in [2.05, 4.69) is 25.4 Å². The number of halogens is 1. The lowest BCUT2D eigenvalue weighted by atomic mass is 9.95. The van der Waals surface area contributed by atoms with Crippen LogP contribution in [0.3, 0.4) is 0 Å². The Morgan fingerprint density at radius 2 is 2.14 bits per heavy atom. The van der Waals surface area contributed by atoms with E-state index in [9.17, 15) is 14.4 Å². The molecule has 11 heteroatoms. The van der Waals surface area contributed by atoms with Gasteiger partial charge in [-0.05, 0) is 64.6 Å². The van der Waals surface area contributed by atoms with E-state index < -0.39 is 5.82 Å². The number of fused-ring (bicyclic) bond motifs is 2. The number of aryl methyl sites for hydroxylation is 1. The highest BCUT2D eigenvalue weighted by atomic mass is 19.1. The second kappa shape index (κ2) is 9.04. The maximum absolute atomic E-state index is 14.0. The van der Waals surface area contributed by atoms with Crippen LogP contribution in [0.15, 0.2) is 30.7 Å². The summed E-state index contributed by atoms with van der Waals surface area (Å²) in [6, 6.07) is 7.08. The first-order valence-electron chi connectivity index (χ1n) is 12.1. The van der Waals surface area contributed by atoms with Crippen LogP contribution in [-0.2, 0) is 16.0 Å². The number of carbonyl (C=O) groups excluding carboxylic acids is 1. The van der Waals surface area contributed by atoms with Gasteiger partial charge in [0, 0.05) is 32.4 Å². The van der Waals surface area contributed by atoms with Gasteiger partial charge in [0.2, 0.25) is 5.91 Å². The topological polar surface area (TPSA) is 113 Å². The second-order valence-corrected chi connectivity index (χ2v) is 9.59. The third-order valence-electron chi connectivity index (χ3n) is 7.69. The van der Waals surface area contributed by atoms with E-state index in [1.165, 1.54) is 17.1 Å². The fourth-order valence-electron chi connectivity index (χ4n) is 5.70. The minimum absolute atomic E-state index is 0.0741. The summed E-state index contributed by atoms with van der Waals surface area (Å²) >= 11 is 0. The lowest BCUT2D eigenvalue weighted by Gasteiger charge is -2.46. The fourth-order valence-corrected chi connectivity index (χ4v) is 5.70. The molecule has 1 aliphatic carbocycles. The average Bonchev–Trinajstić information content (AvgIpc) is 3.58. The van der Waals surface area contributed by atoms with Crippen molar-refractivity contribution in [2.24, 2.45) is 0 Å². The van der Waals surface area contributed by atoms with Crippen molar-refractivity contribution in [2.75, 3.05) is 32.8 Å². The molecular weight excluding hydrogens is 463 g/mol. The second-order valence-electron chi connectivity index (χ2n) is 9.59. The summed E-state index contributed by atoms with van der Waals surface area (Å²) in [6.45, 7) is 4.90. The van der Waals surface area contributed by atoms with E-state index >= 15 is 0 Å². The monoisotopic (exact) mass is 488 g/mol. The summed E-state index contributed by atoms with van der Waals surface area (Å²) < 4.78 is 21.7. The summed E-state index contributed by atoms with van der Waals surface area (Å²) in [5.74, 6) is 0.0913. The van der Waals surface area contributed by atoms with E-state index in [1.54, 1.807) is 19.2 Å². The smallest absolute Gasteiger partial charge is 0.230 e. The Balaban J connectivity index is 1.12. The number of piperazine rings is 1. The molecule has 1 aromatic carbocycles. The molecule has 1 amide bonds. The first-order chi connectivity index (χ1) is 17.5. The van der Waals surface area contributed by atoms with Gasteiger partial charge >= 0.3 is 0 Å². The molecule has 2 saturated heterocycles. The molecule has 0 radical (unpaired) electrons. The van der Waals surface area contributed by atoms with E-state index in [-0.39, 0.29) is 29.5 Å². The molecule has 36 heavy (non-hydrogen) atoms. The number of hydrogen-bond acceptors (Lipinski definition) is 8. The maximum atomic E-state index is 14.0. The van der Waals surface area contributed by atoms with E-state index in [1.807, 2.05) is 17.0 Å². The highest BCUT2D eigenvalue weighted by Crippen LogP contribution is 2.36. The highest BCUT2D eigenvalue weighted by molar-refractivity contribution is 5.85. The number of pyridine rings is 1. The zero-order valence-corrected chi connectivity index (χ0v) is 19.8. The van der Waals surface area contributed by atoms with Crippen molar-refractivity contribution in [1.29, 1.82) is 5.26 Å². The molecule has 0 N–H and O–H groups in total. The van der Waals surface area contributed by atoms with Gasteiger partial charge in [-0.2, -0.15) is 9.94 Å². The quantitative estimate of drug-likeness (QED) is 0.547. The van der Waals surface area contributed by atoms with Gasteiger partial charge in [0.25, 0.3) is 0 Å². The molecule has 3 aromatic rings. The largest absolute Gasteiger partial charge is 0.370 e. The van der Waals surface area contributed by atoms with Gasteiger partial charge in [0.05, 0.1) is 30.2 Å². The van der Waals surface area contributed by atoms with Crippen LogP contribution in [-0.4, -0.2) is 79.7 Å². The molecule has 3 aliphatic rings. The van der Waals surface area contributed by atoms with Crippen LogP contribution < -0.4 is 0 Å². The zero-order valence-electron chi connectivity index (χ0n) is 19.8. The van der Waals surface area contributed by atoms with Gasteiger partial charge in [-0.15, -0.1) is 5.10 Å². The van der Waals surface area contributed by atoms with Gasteiger partial charge in [0.15, 0.2) is 5.82 Å². The molecule has 2 aliphatic heterocycles. The number of morpholine rings is 1. The van der Waals surface area contributed by atoms with Gasteiger partial charge in [0.1, 0.15) is 18.2 Å². The van der Waals surface area contributed by atoms with Gasteiger partial charge < -0.3 is 9.64 Å². The summed E-state index contributed by atoms with van der Waals surface area (Å²) in [5.41, 5.74) is 3.65. The maximum Gasteiger partial charge on any atom is 0.230 e. The number of nitriles is 1. The Morgan fingerprint density at radius 3 is 2.94 bits per heavy atom. The summed E-state index contributed by atoms with van der Waals surface area (Å²) in [6.07, 6.45) is 4.65. The summed E-state index contributed by atoms with van der Waals surface area (Å²) in [5, 5.41) is 20.5. The Labute approximate surface area is 207 Å². The summed E-state index contributed by atoms with van der Waals surface area (Å²) in [7, 11) is 0. The first-order valence-corrected chi connectivity index (χ1v) is 12.1. The Morgan fingerprint density at radius 1 is 1.25 bits per heavy atom. The predicted molar refractivity (Wildman–Crippen MR) is 124 cm³/mol. The van der Waals surface area contributed by atoms with Crippen molar-refractivity contribution in [2.45, 2.75) is 37.8 Å². The van der Waals surface area contributed by atoms with Crippen LogP contribution in [0.5, 0.6) is 0 Å². The molecule has 1 unspecified atom stereocenters. The molecule has 10 nitrogen and oxygen atoms in total. The molecule has 2 fully saturated rings. The Hall–Kier alpha value is -3.75. The lowest BCUT2D eigenvalue weighted by molar-refractivity contribution is -0.141. The number of benzene rings is 1. The molecule has 6 rings (SSSR count). The van der Waals surface area contributed by atoms with Crippen molar-refractivity contribution in [3.8, 4) is 11.9 Å². The number of nitrogens with zero attached hydrogens (tertiary/aromatic N) is 8. The van der Waals surface area contributed by atoms with E-state index in [0.29, 0.717) is 37.6 Å². The molecule has 4 heterocycles. The van der Waals surface area contributed by atoms with E-state index in [0.717, 1.165) is 36.1 Å². The van der Waals surface area contributed by atoms with Gasteiger partial charge in [-0.3, -0.25) is 9.69 Å². The van der Waals surface area contributed by atoms with Crippen LogP contribution in [0, 0.1) is 24.1 Å². The Kier molecular flexibility index (Phi) is 5.70. The van der Waals surface area contributed by atoms with Gasteiger partial charge in [-0.1, -0.05) is 6.07 Å². The third kappa shape index (κ3) is 3.83. The highest BCUT2D eigenvalue weighted by Gasteiger charge is 2.39. The number of amides is 1. The van der Waals surface area contributed by atoms with Crippen LogP contribution in [0.1, 0.15) is 46.3 Å². The molecule has 0 spiro atoms. The van der Waals surface area contributed by atoms with E-state index in [4.69, 9.17) is 4.74 Å². The van der Waals surface area contributed by atoms with Crippen LogP contribution in [0.25, 0.3) is 5.82 Å². The van der Waals surface area contributed by atoms with Crippen molar-refractivity contribution in [1.82, 2.24) is 35.0 Å². The van der Waals surface area contributed by atoms with Crippen molar-refractivity contribution in [3.63, 3.8) is 0 Å². The van der Waals surface area contributed by atoms with Crippen molar-refractivity contribution in [3.05, 3.63) is 64.4 Å². The average molecular weight is 489 g/mol. The number of tetrazole rings is 1. The number of rotatable bonds is 3. The van der Waals surface area contributed by atoms with Crippen LogP contribution in [0.4, 0.5) is 4.39 Å². The number of hydrogen-bond donors (Lipinski definition) is 0. The molecule has 2 aromatic heterocycles. The predicted octanol–water partition coefficient (Wildman–Crippen LogP) is 1.69. The first kappa shape index (κ1) is 22.7. The molecule has 3 atom stereocenters. The molecule has 0 bridgehead atoms.